The van der Waals surface area contributed by atoms with E-state index < -0.39 is 17.5 Å². The molecule has 1 aliphatic heterocycles. The number of likely N-dealkylation sites (tertiary alicyclic amines) is 1. The number of nitrogens with zero attached hydrogens (tertiary/aromatic N) is 1. The van der Waals surface area contributed by atoms with E-state index in [9.17, 15) is 24.9 Å². The van der Waals surface area contributed by atoms with Crippen LogP contribution in [0, 0.1) is 5.41 Å². The van der Waals surface area contributed by atoms with E-state index in [-0.39, 0.29) is 49.0 Å². The maximum atomic E-state index is 12.8. The summed E-state index contributed by atoms with van der Waals surface area (Å²) in [5, 5.41) is 30.1. The SMILES string of the molecule is O=C(Cc1ccc(O)c(Cl)c1)N1CC[C@H](O)[C@](Cc2ccccc2)(C(=O)O)C1. The molecule has 0 aromatic heterocycles. The smallest absolute Gasteiger partial charge is 0.314 e. The molecule has 148 valence electrons. The van der Waals surface area contributed by atoms with Crippen LogP contribution >= 0.6 is 11.6 Å². The van der Waals surface area contributed by atoms with Crippen LogP contribution < -0.4 is 0 Å². The van der Waals surface area contributed by atoms with Gasteiger partial charge in [-0.05, 0) is 36.1 Å². The number of amides is 1. The molecule has 0 aliphatic carbocycles. The predicted molar refractivity (Wildman–Crippen MR) is 104 cm³/mol. The lowest BCUT2D eigenvalue weighted by Crippen LogP contribution is -2.58. The number of carboxylic acid groups (broad SMARTS) is 1. The number of phenolic OH excluding ortho intramolecular Hbond substituents is 1. The van der Waals surface area contributed by atoms with E-state index in [1.165, 1.54) is 17.0 Å². The zero-order valence-electron chi connectivity index (χ0n) is 15.2. The van der Waals surface area contributed by atoms with Gasteiger partial charge >= 0.3 is 5.97 Å². The van der Waals surface area contributed by atoms with Crippen molar-refractivity contribution in [2.45, 2.75) is 25.4 Å². The third-order valence-corrected chi connectivity index (χ3v) is 5.59. The molecule has 0 radical (unpaired) electrons. The first-order valence-electron chi connectivity index (χ1n) is 9.02. The van der Waals surface area contributed by atoms with Gasteiger partial charge in [0.1, 0.15) is 11.2 Å². The lowest BCUT2D eigenvalue weighted by molar-refractivity contribution is -0.165. The van der Waals surface area contributed by atoms with Crippen molar-refractivity contribution in [3.63, 3.8) is 0 Å². The molecule has 1 aliphatic rings. The van der Waals surface area contributed by atoms with Gasteiger partial charge in [0.25, 0.3) is 0 Å². The first-order valence-corrected chi connectivity index (χ1v) is 9.40. The fourth-order valence-corrected chi connectivity index (χ4v) is 3.86. The molecule has 6 nitrogen and oxygen atoms in total. The average molecular weight is 404 g/mol. The maximum absolute atomic E-state index is 12.8. The van der Waals surface area contributed by atoms with E-state index in [1.807, 2.05) is 30.3 Å². The van der Waals surface area contributed by atoms with E-state index >= 15 is 0 Å². The first kappa shape index (κ1) is 20.2. The fraction of sp³-hybridized carbons (Fsp3) is 0.333. The number of aromatic hydroxyl groups is 1. The number of rotatable bonds is 5. The summed E-state index contributed by atoms with van der Waals surface area (Å²) in [5.41, 5.74) is -0.0338. The van der Waals surface area contributed by atoms with Gasteiger partial charge in [-0.25, -0.2) is 0 Å². The normalized spacial score (nSPS) is 22.1. The number of carbonyl (C=O) groups excluding carboxylic acids is 1. The molecule has 2 aromatic rings. The number of carbonyl (C=O) groups is 2. The molecule has 1 amide bonds. The molecule has 1 fully saturated rings. The molecule has 1 heterocycles. The third-order valence-electron chi connectivity index (χ3n) is 5.29. The van der Waals surface area contributed by atoms with Crippen LogP contribution in [-0.2, 0) is 22.4 Å². The molecule has 0 saturated carbocycles. The summed E-state index contributed by atoms with van der Waals surface area (Å²) in [5.74, 6) is -1.42. The summed E-state index contributed by atoms with van der Waals surface area (Å²) in [6.45, 7) is 0.221. The summed E-state index contributed by atoms with van der Waals surface area (Å²) in [6.07, 6.45) is -0.672. The highest BCUT2D eigenvalue weighted by Crippen LogP contribution is 2.35. The van der Waals surface area contributed by atoms with Gasteiger partial charge in [-0.1, -0.05) is 48.0 Å². The number of hydrogen-bond donors (Lipinski definition) is 3. The molecule has 0 unspecified atom stereocenters. The zero-order chi connectivity index (χ0) is 20.3. The molecular weight excluding hydrogens is 382 g/mol. The molecule has 0 bridgehead atoms. The van der Waals surface area contributed by atoms with E-state index in [0.717, 1.165) is 5.56 Å². The highest BCUT2D eigenvalue weighted by Gasteiger charge is 2.50. The number of benzene rings is 2. The summed E-state index contributed by atoms with van der Waals surface area (Å²) in [6, 6.07) is 13.6. The van der Waals surface area contributed by atoms with Gasteiger partial charge in [0.15, 0.2) is 0 Å². The van der Waals surface area contributed by atoms with Gasteiger partial charge < -0.3 is 20.2 Å². The molecular formula is C21H22ClNO5. The fourth-order valence-electron chi connectivity index (χ4n) is 3.66. The second kappa shape index (κ2) is 8.20. The number of carboxylic acids is 1. The summed E-state index contributed by atoms with van der Waals surface area (Å²) >= 11 is 5.89. The Balaban J connectivity index is 1.80. The zero-order valence-corrected chi connectivity index (χ0v) is 16.0. The monoisotopic (exact) mass is 403 g/mol. The molecule has 7 heteroatoms. The summed E-state index contributed by atoms with van der Waals surface area (Å²) in [7, 11) is 0. The van der Waals surface area contributed by atoms with Crippen molar-refractivity contribution in [2.75, 3.05) is 13.1 Å². The number of halogens is 1. The van der Waals surface area contributed by atoms with Gasteiger partial charge in [-0.3, -0.25) is 9.59 Å². The number of aliphatic carboxylic acids is 1. The van der Waals surface area contributed by atoms with Crippen molar-refractivity contribution < 1.29 is 24.9 Å². The van der Waals surface area contributed by atoms with Crippen LogP contribution in [0.4, 0.5) is 0 Å². The first-order chi connectivity index (χ1) is 13.3. The molecule has 1 saturated heterocycles. The van der Waals surface area contributed by atoms with Crippen molar-refractivity contribution in [1.82, 2.24) is 4.90 Å². The Kier molecular flexibility index (Phi) is 5.91. The molecule has 3 N–H and O–H groups in total. The average Bonchev–Trinajstić information content (AvgIpc) is 2.67. The molecule has 28 heavy (non-hydrogen) atoms. The van der Waals surface area contributed by atoms with E-state index in [2.05, 4.69) is 0 Å². The third kappa shape index (κ3) is 4.13. The highest BCUT2D eigenvalue weighted by molar-refractivity contribution is 6.32. The van der Waals surface area contributed by atoms with Crippen LogP contribution in [0.5, 0.6) is 5.75 Å². The van der Waals surface area contributed by atoms with Crippen molar-refractivity contribution >= 4 is 23.5 Å². The van der Waals surface area contributed by atoms with E-state index in [4.69, 9.17) is 11.6 Å². The van der Waals surface area contributed by atoms with Crippen LogP contribution in [0.3, 0.4) is 0 Å². The highest BCUT2D eigenvalue weighted by atomic mass is 35.5. The minimum atomic E-state index is -1.46. The lowest BCUT2D eigenvalue weighted by atomic mass is 9.72. The Bertz CT molecular complexity index is 872. The van der Waals surface area contributed by atoms with Crippen molar-refractivity contribution in [1.29, 1.82) is 0 Å². The number of hydrogen-bond acceptors (Lipinski definition) is 4. The van der Waals surface area contributed by atoms with Gasteiger partial charge in [-0.2, -0.15) is 0 Å². The van der Waals surface area contributed by atoms with E-state index in [1.54, 1.807) is 6.07 Å². The second-order valence-corrected chi connectivity index (χ2v) is 7.61. The molecule has 0 spiro atoms. The Labute approximate surface area is 168 Å². The molecule has 2 atom stereocenters. The summed E-state index contributed by atoms with van der Waals surface area (Å²) < 4.78 is 0. The van der Waals surface area contributed by atoms with Crippen molar-refractivity contribution in [3.8, 4) is 5.75 Å². The van der Waals surface area contributed by atoms with Crippen molar-refractivity contribution in [3.05, 3.63) is 64.7 Å². The lowest BCUT2D eigenvalue weighted by Gasteiger charge is -2.43. The number of phenols is 1. The Hall–Kier alpha value is -2.57. The Morgan fingerprint density at radius 1 is 1.14 bits per heavy atom. The largest absolute Gasteiger partial charge is 0.506 e. The molecule has 3 rings (SSSR count). The van der Waals surface area contributed by atoms with Crippen LogP contribution in [0.25, 0.3) is 0 Å². The van der Waals surface area contributed by atoms with Crippen LogP contribution in [0.2, 0.25) is 5.02 Å². The molecule has 2 aromatic carbocycles. The van der Waals surface area contributed by atoms with Gasteiger partial charge in [-0.15, -0.1) is 0 Å². The maximum Gasteiger partial charge on any atom is 0.314 e. The predicted octanol–water partition coefficient (Wildman–Crippen LogP) is 2.50. The van der Waals surface area contributed by atoms with Crippen LogP contribution in [0.15, 0.2) is 48.5 Å². The van der Waals surface area contributed by atoms with Crippen LogP contribution in [-0.4, -0.2) is 51.3 Å². The Morgan fingerprint density at radius 2 is 1.86 bits per heavy atom. The van der Waals surface area contributed by atoms with E-state index in [0.29, 0.717) is 5.56 Å². The number of piperidine rings is 1. The van der Waals surface area contributed by atoms with Crippen molar-refractivity contribution in [2.24, 2.45) is 5.41 Å². The Morgan fingerprint density at radius 3 is 2.50 bits per heavy atom. The quantitative estimate of drug-likeness (QED) is 0.712. The van der Waals surface area contributed by atoms with Crippen LogP contribution in [0.1, 0.15) is 17.5 Å². The topological polar surface area (TPSA) is 98.1 Å². The van der Waals surface area contributed by atoms with Gasteiger partial charge in [0, 0.05) is 13.1 Å². The minimum Gasteiger partial charge on any atom is -0.506 e. The second-order valence-electron chi connectivity index (χ2n) is 7.21. The summed E-state index contributed by atoms with van der Waals surface area (Å²) in [4.78, 5) is 26.4. The number of aliphatic hydroxyl groups is 1. The minimum absolute atomic E-state index is 0.0388. The van der Waals surface area contributed by atoms with Gasteiger partial charge in [0.2, 0.25) is 5.91 Å². The number of aliphatic hydroxyl groups excluding tert-OH is 1. The van der Waals surface area contributed by atoms with Gasteiger partial charge in [0.05, 0.1) is 17.5 Å². The standard InChI is InChI=1S/C21H22ClNO5/c22-16-10-15(6-7-17(16)24)11-19(26)23-9-8-18(25)21(13-23,20(27)28)12-14-4-2-1-3-5-14/h1-7,10,18,24-25H,8-9,11-13H2,(H,27,28)/t18-,21+/m0/s1.